The van der Waals surface area contributed by atoms with E-state index in [4.69, 9.17) is 15.2 Å². The third-order valence-corrected chi connectivity index (χ3v) is 1.76. The van der Waals surface area contributed by atoms with E-state index >= 15 is 0 Å². The summed E-state index contributed by atoms with van der Waals surface area (Å²) in [7, 11) is 2.08. The fourth-order valence-electron chi connectivity index (χ4n) is 1.09. The van der Waals surface area contributed by atoms with E-state index in [9.17, 15) is 13.2 Å². The Balaban J connectivity index is 0.000000265. The predicted octanol–water partition coefficient (Wildman–Crippen LogP) is 1.09. The van der Waals surface area contributed by atoms with Gasteiger partial charge in [-0.1, -0.05) is 0 Å². The van der Waals surface area contributed by atoms with Crippen molar-refractivity contribution in [2.24, 2.45) is 5.92 Å². The highest BCUT2D eigenvalue weighted by atomic mass is 19.4. The molecule has 0 saturated carbocycles. The average molecular weight is 224 g/mol. The van der Waals surface area contributed by atoms with Crippen molar-refractivity contribution in [3.63, 3.8) is 0 Å². The highest BCUT2D eigenvalue weighted by Crippen LogP contribution is 2.15. The number of hydrogen-bond acceptors (Lipinski definition) is 3. The summed E-state index contributed by atoms with van der Waals surface area (Å²) in [5.41, 5.74) is 0. The van der Waals surface area contributed by atoms with Gasteiger partial charge in [0.15, 0.2) is 0 Å². The van der Waals surface area contributed by atoms with Gasteiger partial charge >= 0.3 is 12.1 Å². The van der Waals surface area contributed by atoms with Crippen LogP contribution in [-0.2, 0) is 4.79 Å². The molecule has 1 aliphatic heterocycles. The minimum Gasteiger partial charge on any atom is -0.475 e. The number of carboxylic acid groups (broad SMARTS) is 1. The Labute approximate surface area is 84.9 Å². The molecule has 0 radical (unpaired) electrons. The molecule has 86 valence electrons. The van der Waals surface area contributed by atoms with Crippen molar-refractivity contribution in [1.29, 1.82) is 5.26 Å². The fraction of sp³-hybridized carbons (Fsp3) is 0.750. The molecule has 0 spiro atoms. The Morgan fingerprint density at radius 2 is 2.00 bits per heavy atom. The standard InChI is InChI=1S/C6H10N2.C2HF3O2/c1-8-4-6(5-8)2-3-7;3-2(4,5)1(6)7/h6H,2,4-5H2,1H3;(H,6,7). The second-order valence-electron chi connectivity index (χ2n) is 3.25. The molecule has 1 rings (SSSR count). The number of carbonyl (C=O) groups is 1. The normalized spacial score (nSPS) is 17.0. The summed E-state index contributed by atoms with van der Waals surface area (Å²) >= 11 is 0. The number of likely N-dealkylation sites (tertiary alicyclic amines) is 1. The summed E-state index contributed by atoms with van der Waals surface area (Å²) in [5, 5.41) is 15.3. The van der Waals surface area contributed by atoms with E-state index in [1.54, 1.807) is 0 Å². The molecule has 0 amide bonds. The molecule has 7 heteroatoms. The molecule has 0 aromatic carbocycles. The number of rotatable bonds is 1. The zero-order valence-corrected chi connectivity index (χ0v) is 8.08. The van der Waals surface area contributed by atoms with Crippen LogP contribution in [0.2, 0.25) is 0 Å². The monoisotopic (exact) mass is 224 g/mol. The van der Waals surface area contributed by atoms with Crippen LogP contribution in [0, 0.1) is 17.2 Å². The highest BCUT2D eigenvalue weighted by molar-refractivity contribution is 5.73. The quantitative estimate of drug-likeness (QED) is 0.724. The zero-order chi connectivity index (χ0) is 12.1. The molecule has 0 aliphatic carbocycles. The lowest BCUT2D eigenvalue weighted by Gasteiger charge is -2.34. The number of nitriles is 1. The highest BCUT2D eigenvalue weighted by Gasteiger charge is 2.38. The maximum absolute atomic E-state index is 10.6. The lowest BCUT2D eigenvalue weighted by atomic mass is 9.98. The Morgan fingerprint density at radius 1 is 1.60 bits per heavy atom. The molecule has 1 aliphatic rings. The van der Waals surface area contributed by atoms with Crippen LogP contribution in [0.3, 0.4) is 0 Å². The molecule has 0 aromatic heterocycles. The lowest BCUT2D eigenvalue weighted by Crippen LogP contribution is -2.43. The first-order valence-electron chi connectivity index (χ1n) is 4.13. The minimum absolute atomic E-state index is 0.671. The van der Waals surface area contributed by atoms with Crippen LogP contribution in [-0.4, -0.2) is 42.3 Å². The number of hydrogen-bond donors (Lipinski definition) is 1. The van der Waals surface area contributed by atoms with Gasteiger partial charge in [-0.3, -0.25) is 0 Å². The van der Waals surface area contributed by atoms with Crippen molar-refractivity contribution in [1.82, 2.24) is 4.90 Å². The first-order valence-corrected chi connectivity index (χ1v) is 4.13. The molecule has 15 heavy (non-hydrogen) atoms. The SMILES string of the molecule is CN1CC(CC#N)C1.O=C(O)C(F)(F)F. The first-order chi connectivity index (χ1) is 6.77. The van der Waals surface area contributed by atoms with Crippen LogP contribution in [0.4, 0.5) is 13.2 Å². The predicted molar refractivity (Wildman–Crippen MR) is 44.9 cm³/mol. The molecule has 4 nitrogen and oxygen atoms in total. The summed E-state index contributed by atoms with van der Waals surface area (Å²) in [6.45, 7) is 2.24. The first kappa shape index (κ1) is 13.7. The molecule has 1 N–H and O–H groups in total. The summed E-state index contributed by atoms with van der Waals surface area (Å²) < 4.78 is 31.7. The maximum Gasteiger partial charge on any atom is 0.490 e. The van der Waals surface area contributed by atoms with Crippen LogP contribution < -0.4 is 0 Å². The summed E-state index contributed by atoms with van der Waals surface area (Å²) in [4.78, 5) is 11.1. The van der Waals surface area contributed by atoms with Crippen molar-refractivity contribution in [3.05, 3.63) is 0 Å². The van der Waals surface area contributed by atoms with E-state index < -0.39 is 12.1 Å². The van der Waals surface area contributed by atoms with Crippen LogP contribution >= 0.6 is 0 Å². The zero-order valence-electron chi connectivity index (χ0n) is 8.08. The molecule has 1 heterocycles. The van der Waals surface area contributed by atoms with Crippen molar-refractivity contribution in [3.8, 4) is 6.07 Å². The molecule has 0 bridgehead atoms. The maximum atomic E-state index is 10.6. The number of carboxylic acids is 1. The third kappa shape index (κ3) is 5.91. The van der Waals surface area contributed by atoms with E-state index in [-0.39, 0.29) is 0 Å². The molecule has 1 fully saturated rings. The topological polar surface area (TPSA) is 64.3 Å². The van der Waals surface area contributed by atoms with E-state index in [1.165, 1.54) is 0 Å². The lowest BCUT2D eigenvalue weighted by molar-refractivity contribution is -0.192. The van der Waals surface area contributed by atoms with Crippen LogP contribution in [0.15, 0.2) is 0 Å². The number of nitrogens with zero attached hydrogens (tertiary/aromatic N) is 2. The van der Waals surface area contributed by atoms with Gasteiger partial charge in [0.1, 0.15) is 0 Å². The summed E-state index contributed by atoms with van der Waals surface area (Å²) in [6, 6.07) is 2.16. The van der Waals surface area contributed by atoms with Crippen LogP contribution in [0.25, 0.3) is 0 Å². The molecular formula is C8H11F3N2O2. The van der Waals surface area contributed by atoms with Gasteiger partial charge in [0.25, 0.3) is 0 Å². The van der Waals surface area contributed by atoms with Gasteiger partial charge in [-0.05, 0) is 13.0 Å². The Morgan fingerprint density at radius 3 is 2.20 bits per heavy atom. The van der Waals surface area contributed by atoms with Gasteiger partial charge in [0.05, 0.1) is 6.07 Å². The van der Waals surface area contributed by atoms with Crippen molar-refractivity contribution < 1.29 is 23.1 Å². The number of halogens is 3. The molecule has 0 aromatic rings. The second-order valence-corrected chi connectivity index (χ2v) is 3.25. The van der Waals surface area contributed by atoms with Gasteiger partial charge in [-0.15, -0.1) is 0 Å². The largest absolute Gasteiger partial charge is 0.490 e. The molecular weight excluding hydrogens is 213 g/mol. The van der Waals surface area contributed by atoms with Crippen molar-refractivity contribution >= 4 is 5.97 Å². The minimum atomic E-state index is -5.08. The van der Waals surface area contributed by atoms with E-state index in [1.807, 2.05) is 0 Å². The van der Waals surface area contributed by atoms with E-state index in [0.29, 0.717) is 5.92 Å². The van der Waals surface area contributed by atoms with E-state index in [2.05, 4.69) is 18.0 Å². The summed E-state index contributed by atoms with van der Waals surface area (Å²) in [5.74, 6) is -2.09. The second kappa shape index (κ2) is 5.56. The van der Waals surface area contributed by atoms with Crippen LogP contribution in [0.1, 0.15) is 6.42 Å². The number of alkyl halides is 3. The Bertz CT molecular complexity index is 254. The summed E-state index contributed by atoms with van der Waals surface area (Å²) in [6.07, 6.45) is -4.34. The van der Waals surface area contributed by atoms with Gasteiger partial charge in [0.2, 0.25) is 0 Å². The Hall–Kier alpha value is -1.29. The van der Waals surface area contributed by atoms with Gasteiger partial charge in [-0.25, -0.2) is 4.79 Å². The number of aliphatic carboxylic acids is 1. The molecule has 0 atom stereocenters. The van der Waals surface area contributed by atoms with Crippen molar-refractivity contribution in [2.45, 2.75) is 12.6 Å². The van der Waals surface area contributed by atoms with Gasteiger partial charge in [0, 0.05) is 19.5 Å². The van der Waals surface area contributed by atoms with Gasteiger partial charge in [-0.2, -0.15) is 18.4 Å². The van der Waals surface area contributed by atoms with Crippen molar-refractivity contribution in [2.75, 3.05) is 20.1 Å². The third-order valence-electron chi connectivity index (χ3n) is 1.76. The fourth-order valence-corrected chi connectivity index (χ4v) is 1.09. The molecule has 1 saturated heterocycles. The Kier molecular flexibility index (Phi) is 5.08. The smallest absolute Gasteiger partial charge is 0.475 e. The van der Waals surface area contributed by atoms with Crippen LogP contribution in [0.5, 0.6) is 0 Å². The average Bonchev–Trinajstić information content (AvgIpc) is 2.01. The van der Waals surface area contributed by atoms with E-state index in [0.717, 1.165) is 19.5 Å². The van der Waals surface area contributed by atoms with Gasteiger partial charge < -0.3 is 10.0 Å². The molecule has 0 unspecified atom stereocenters.